The molecular formula is C25H20Cl2N8O. The van der Waals surface area contributed by atoms with E-state index in [1.165, 1.54) is 6.20 Å². The molecule has 3 aromatic heterocycles. The van der Waals surface area contributed by atoms with Crippen LogP contribution in [0.15, 0.2) is 77.9 Å². The van der Waals surface area contributed by atoms with Crippen molar-refractivity contribution in [2.45, 2.75) is 6.54 Å². The SMILES string of the molecule is CN(Cc1ccccn1)c1ccc(Nc2ncc3c(N)n(-c4c(Cl)cccc4Cl)c(=O)nc3n2)cc1. The molecule has 180 valence electrons. The number of para-hydroxylation sites is 1. The van der Waals surface area contributed by atoms with Gasteiger partial charge in [-0.3, -0.25) is 4.98 Å². The maximum Gasteiger partial charge on any atom is 0.355 e. The summed E-state index contributed by atoms with van der Waals surface area (Å²) in [5, 5.41) is 4.06. The van der Waals surface area contributed by atoms with Crippen LogP contribution in [0.3, 0.4) is 0 Å². The first-order valence-electron chi connectivity index (χ1n) is 10.9. The van der Waals surface area contributed by atoms with Gasteiger partial charge in [-0.05, 0) is 48.5 Å². The Balaban J connectivity index is 1.39. The van der Waals surface area contributed by atoms with Crippen LogP contribution in [0, 0.1) is 0 Å². The monoisotopic (exact) mass is 518 g/mol. The molecule has 11 heteroatoms. The maximum absolute atomic E-state index is 12.8. The van der Waals surface area contributed by atoms with Crippen LogP contribution >= 0.6 is 23.2 Å². The van der Waals surface area contributed by atoms with Crippen molar-refractivity contribution in [1.82, 2.24) is 24.5 Å². The number of hydrogen-bond acceptors (Lipinski definition) is 8. The summed E-state index contributed by atoms with van der Waals surface area (Å²) in [5.74, 6) is 0.365. The van der Waals surface area contributed by atoms with Crippen LogP contribution in [0.4, 0.5) is 23.1 Å². The Hall–Kier alpha value is -4.21. The number of benzene rings is 2. The van der Waals surface area contributed by atoms with Crippen LogP contribution in [0.2, 0.25) is 10.0 Å². The van der Waals surface area contributed by atoms with Crippen LogP contribution in [0.25, 0.3) is 16.7 Å². The van der Waals surface area contributed by atoms with Gasteiger partial charge in [0.05, 0.1) is 33.4 Å². The highest BCUT2D eigenvalue weighted by atomic mass is 35.5. The molecule has 5 rings (SSSR count). The van der Waals surface area contributed by atoms with Crippen molar-refractivity contribution < 1.29 is 0 Å². The fraction of sp³-hybridized carbons (Fsp3) is 0.0800. The number of rotatable bonds is 6. The topological polar surface area (TPSA) is 115 Å². The van der Waals surface area contributed by atoms with Gasteiger partial charge >= 0.3 is 5.69 Å². The molecule has 0 aliphatic rings. The van der Waals surface area contributed by atoms with Gasteiger partial charge in [0.25, 0.3) is 0 Å². The van der Waals surface area contributed by atoms with Gasteiger partial charge in [0.2, 0.25) is 5.95 Å². The van der Waals surface area contributed by atoms with Crippen molar-refractivity contribution in [3.63, 3.8) is 0 Å². The van der Waals surface area contributed by atoms with E-state index in [0.29, 0.717) is 11.9 Å². The maximum atomic E-state index is 12.8. The van der Waals surface area contributed by atoms with Crippen LogP contribution in [0.5, 0.6) is 0 Å². The van der Waals surface area contributed by atoms with E-state index in [-0.39, 0.29) is 33.1 Å². The number of nitrogens with zero attached hydrogens (tertiary/aromatic N) is 6. The van der Waals surface area contributed by atoms with Gasteiger partial charge < -0.3 is 16.0 Å². The summed E-state index contributed by atoms with van der Waals surface area (Å²) >= 11 is 12.5. The molecule has 0 unspecified atom stereocenters. The van der Waals surface area contributed by atoms with Crippen molar-refractivity contribution in [3.8, 4) is 5.69 Å². The predicted octanol–water partition coefficient (Wildman–Crippen LogP) is 4.84. The van der Waals surface area contributed by atoms with Crippen molar-refractivity contribution in [3.05, 3.63) is 99.3 Å². The highest BCUT2D eigenvalue weighted by Crippen LogP contribution is 2.30. The molecule has 0 saturated carbocycles. The van der Waals surface area contributed by atoms with Gasteiger partial charge in [0.15, 0.2) is 5.65 Å². The summed E-state index contributed by atoms with van der Waals surface area (Å²) in [6, 6.07) is 18.5. The zero-order valence-electron chi connectivity index (χ0n) is 19.1. The van der Waals surface area contributed by atoms with Gasteiger partial charge in [0.1, 0.15) is 5.82 Å². The number of aromatic nitrogens is 5. The second-order valence-electron chi connectivity index (χ2n) is 7.97. The summed E-state index contributed by atoms with van der Waals surface area (Å²) in [5.41, 5.74) is 8.83. The molecule has 0 bridgehead atoms. The minimum Gasteiger partial charge on any atom is -0.384 e. The molecule has 0 spiro atoms. The molecule has 36 heavy (non-hydrogen) atoms. The highest BCUT2D eigenvalue weighted by Gasteiger charge is 2.17. The van der Waals surface area contributed by atoms with Crippen molar-refractivity contribution in [2.24, 2.45) is 0 Å². The molecule has 3 N–H and O–H groups in total. The van der Waals surface area contributed by atoms with E-state index < -0.39 is 5.69 Å². The highest BCUT2D eigenvalue weighted by molar-refractivity contribution is 6.37. The Morgan fingerprint density at radius 3 is 2.42 bits per heavy atom. The minimum atomic E-state index is -0.653. The molecule has 0 fully saturated rings. The molecule has 0 aliphatic heterocycles. The summed E-state index contributed by atoms with van der Waals surface area (Å²) in [6.07, 6.45) is 3.28. The lowest BCUT2D eigenvalue weighted by Crippen LogP contribution is -2.25. The first-order valence-corrected chi connectivity index (χ1v) is 11.6. The average Bonchev–Trinajstić information content (AvgIpc) is 2.86. The molecule has 0 aliphatic carbocycles. The lowest BCUT2D eigenvalue weighted by molar-refractivity contribution is 0.885. The first kappa shape index (κ1) is 23.5. The van der Waals surface area contributed by atoms with Crippen LogP contribution < -0.4 is 21.6 Å². The number of nitrogen functional groups attached to an aromatic ring is 1. The lowest BCUT2D eigenvalue weighted by Gasteiger charge is -2.19. The second-order valence-corrected chi connectivity index (χ2v) is 8.78. The van der Waals surface area contributed by atoms with Crippen LogP contribution in [-0.4, -0.2) is 31.6 Å². The number of fused-ring (bicyclic) bond motifs is 1. The summed E-state index contributed by atoms with van der Waals surface area (Å²) < 4.78 is 1.16. The summed E-state index contributed by atoms with van der Waals surface area (Å²) in [4.78, 5) is 32.1. The summed E-state index contributed by atoms with van der Waals surface area (Å²) in [6.45, 7) is 0.686. The molecule has 0 saturated heterocycles. The Morgan fingerprint density at radius 2 is 1.72 bits per heavy atom. The molecular weight excluding hydrogens is 499 g/mol. The minimum absolute atomic E-state index is 0.0897. The van der Waals surface area contributed by atoms with Crippen molar-refractivity contribution in [1.29, 1.82) is 0 Å². The van der Waals surface area contributed by atoms with Gasteiger partial charge in [0, 0.05) is 30.8 Å². The van der Waals surface area contributed by atoms with Crippen LogP contribution in [0.1, 0.15) is 5.69 Å². The molecule has 0 amide bonds. The average molecular weight is 519 g/mol. The molecule has 0 atom stereocenters. The standard InChI is InChI=1S/C25H20Cl2N8O/c1-34(14-16-5-2-3-12-29-16)17-10-8-15(9-11-17)31-24-30-13-18-22(28)35(25(36)33-23(18)32-24)21-19(26)6-4-7-20(21)27/h2-13H,14,28H2,1H3,(H,31,32,33,36). The summed E-state index contributed by atoms with van der Waals surface area (Å²) in [7, 11) is 2.00. The van der Waals surface area contributed by atoms with E-state index in [2.05, 4.69) is 30.2 Å². The zero-order chi connectivity index (χ0) is 25.2. The third-order valence-corrected chi connectivity index (χ3v) is 6.14. The molecule has 2 aromatic carbocycles. The number of hydrogen-bond donors (Lipinski definition) is 2. The molecule has 9 nitrogen and oxygen atoms in total. The van der Waals surface area contributed by atoms with E-state index >= 15 is 0 Å². The number of anilines is 4. The third kappa shape index (κ3) is 4.66. The van der Waals surface area contributed by atoms with Gasteiger partial charge in [-0.1, -0.05) is 35.3 Å². The fourth-order valence-electron chi connectivity index (χ4n) is 3.74. The number of nitrogens with two attached hydrogens (primary N) is 1. The van der Waals surface area contributed by atoms with Gasteiger partial charge in [-0.25, -0.2) is 14.3 Å². The van der Waals surface area contributed by atoms with Crippen molar-refractivity contribution >= 4 is 57.4 Å². The zero-order valence-corrected chi connectivity index (χ0v) is 20.6. The van der Waals surface area contributed by atoms with E-state index in [1.807, 2.05) is 49.5 Å². The quantitative estimate of drug-likeness (QED) is 0.328. The van der Waals surface area contributed by atoms with Gasteiger partial charge in [-0.15, -0.1) is 0 Å². The first-order chi connectivity index (χ1) is 17.4. The number of nitrogens with one attached hydrogen (secondary N) is 1. The largest absolute Gasteiger partial charge is 0.384 e. The predicted molar refractivity (Wildman–Crippen MR) is 143 cm³/mol. The Labute approximate surface area is 216 Å². The van der Waals surface area contributed by atoms with E-state index in [1.54, 1.807) is 24.4 Å². The third-order valence-electron chi connectivity index (χ3n) is 5.53. The molecule has 3 heterocycles. The lowest BCUT2D eigenvalue weighted by atomic mass is 10.2. The molecule has 5 aromatic rings. The van der Waals surface area contributed by atoms with Crippen LogP contribution in [-0.2, 0) is 6.54 Å². The smallest absolute Gasteiger partial charge is 0.355 e. The van der Waals surface area contributed by atoms with E-state index in [0.717, 1.165) is 21.6 Å². The number of halogens is 2. The Bertz CT molecular complexity index is 1590. The van der Waals surface area contributed by atoms with Crippen molar-refractivity contribution in [2.75, 3.05) is 23.0 Å². The van der Waals surface area contributed by atoms with E-state index in [9.17, 15) is 4.79 Å². The second kappa shape index (κ2) is 9.80. The normalized spacial score (nSPS) is 11.0. The molecule has 0 radical (unpaired) electrons. The number of pyridine rings is 1. The van der Waals surface area contributed by atoms with E-state index in [4.69, 9.17) is 28.9 Å². The van der Waals surface area contributed by atoms with Gasteiger partial charge in [-0.2, -0.15) is 9.97 Å². The fourth-order valence-corrected chi connectivity index (χ4v) is 4.30. The Morgan fingerprint density at radius 1 is 0.972 bits per heavy atom. The Kier molecular flexibility index (Phi) is 6.41.